The lowest BCUT2D eigenvalue weighted by Crippen LogP contribution is -2.14. The summed E-state index contributed by atoms with van der Waals surface area (Å²) in [5.41, 5.74) is 6.29. The lowest BCUT2D eigenvalue weighted by atomic mass is 10.3. The number of benzene rings is 1. The molecule has 0 amide bonds. The summed E-state index contributed by atoms with van der Waals surface area (Å²) < 4.78 is 26.1. The van der Waals surface area contributed by atoms with Gasteiger partial charge in [-0.25, -0.2) is 0 Å². The first-order valence-corrected chi connectivity index (χ1v) is 7.53. The normalized spacial score (nSPS) is 10.5. The molecule has 7 nitrogen and oxygen atoms in total. The maximum Gasteiger partial charge on any atom is 0.302 e. The number of rotatable bonds is 13. The van der Waals surface area contributed by atoms with Crippen LogP contribution < -0.4 is 10.5 Å². The zero-order valence-corrected chi connectivity index (χ0v) is 13.5. The van der Waals surface area contributed by atoms with Gasteiger partial charge in [0.15, 0.2) is 0 Å². The highest BCUT2D eigenvalue weighted by Gasteiger charge is 1.95. The quantitative estimate of drug-likeness (QED) is 0.331. The van der Waals surface area contributed by atoms with Crippen molar-refractivity contribution in [2.75, 3.05) is 58.6 Å². The van der Waals surface area contributed by atoms with E-state index in [1.54, 1.807) is 12.1 Å². The number of carbonyl (C=O) groups excluding carboxylic acids is 1. The summed E-state index contributed by atoms with van der Waals surface area (Å²) >= 11 is 0. The minimum absolute atomic E-state index is 0.270. The third kappa shape index (κ3) is 11.4. The number of ether oxygens (including phenoxy) is 5. The molecule has 0 spiro atoms. The first-order chi connectivity index (χ1) is 11.2. The number of hydrogen-bond acceptors (Lipinski definition) is 7. The molecule has 0 aromatic heterocycles. The topological polar surface area (TPSA) is 89.2 Å². The minimum atomic E-state index is -0.303. The van der Waals surface area contributed by atoms with Crippen LogP contribution in [0.25, 0.3) is 0 Å². The van der Waals surface area contributed by atoms with Crippen molar-refractivity contribution in [3.05, 3.63) is 24.3 Å². The molecular formula is C16H25NO6. The molecule has 0 saturated heterocycles. The van der Waals surface area contributed by atoms with Crippen molar-refractivity contribution in [1.29, 1.82) is 0 Å². The lowest BCUT2D eigenvalue weighted by molar-refractivity contribution is -0.142. The summed E-state index contributed by atoms with van der Waals surface area (Å²) in [4.78, 5) is 10.5. The van der Waals surface area contributed by atoms with E-state index in [0.29, 0.717) is 51.9 Å². The van der Waals surface area contributed by atoms with Crippen LogP contribution >= 0.6 is 0 Å². The van der Waals surface area contributed by atoms with Crippen LogP contribution in [0.4, 0.5) is 5.69 Å². The van der Waals surface area contributed by atoms with E-state index in [1.807, 2.05) is 12.1 Å². The fourth-order valence-electron chi connectivity index (χ4n) is 1.57. The summed E-state index contributed by atoms with van der Waals surface area (Å²) in [6, 6.07) is 7.22. The highest BCUT2D eigenvalue weighted by Crippen LogP contribution is 2.12. The minimum Gasteiger partial charge on any atom is -0.491 e. The van der Waals surface area contributed by atoms with E-state index >= 15 is 0 Å². The van der Waals surface area contributed by atoms with Crippen LogP contribution in [-0.2, 0) is 23.7 Å². The van der Waals surface area contributed by atoms with Crippen LogP contribution in [0.15, 0.2) is 24.3 Å². The van der Waals surface area contributed by atoms with Crippen molar-refractivity contribution in [2.24, 2.45) is 0 Å². The van der Waals surface area contributed by atoms with Crippen LogP contribution in [0.3, 0.4) is 0 Å². The Bertz CT molecular complexity index is 423. The Morgan fingerprint density at radius 1 is 0.826 bits per heavy atom. The van der Waals surface area contributed by atoms with Crippen LogP contribution in [0.2, 0.25) is 0 Å². The van der Waals surface area contributed by atoms with Gasteiger partial charge in [-0.15, -0.1) is 0 Å². The molecule has 2 N–H and O–H groups in total. The molecule has 0 atom stereocenters. The fraction of sp³-hybridized carbons (Fsp3) is 0.562. The molecule has 1 aromatic rings. The van der Waals surface area contributed by atoms with E-state index in [9.17, 15) is 4.79 Å². The summed E-state index contributed by atoms with van der Waals surface area (Å²) in [5, 5.41) is 0. The number of esters is 1. The smallest absolute Gasteiger partial charge is 0.302 e. The average Bonchev–Trinajstić information content (AvgIpc) is 2.53. The molecule has 0 aliphatic carbocycles. The second-order valence-corrected chi connectivity index (χ2v) is 4.59. The highest BCUT2D eigenvalue weighted by atomic mass is 16.6. The monoisotopic (exact) mass is 327 g/mol. The van der Waals surface area contributed by atoms with Gasteiger partial charge in [0, 0.05) is 12.6 Å². The Balaban J connectivity index is 1.79. The van der Waals surface area contributed by atoms with Gasteiger partial charge in [-0.05, 0) is 24.3 Å². The van der Waals surface area contributed by atoms with E-state index < -0.39 is 0 Å². The summed E-state index contributed by atoms with van der Waals surface area (Å²) in [6.07, 6.45) is 0. The van der Waals surface area contributed by atoms with Crippen molar-refractivity contribution >= 4 is 11.7 Å². The number of anilines is 1. The molecule has 0 aliphatic heterocycles. The standard InChI is InChI=1S/C16H25NO6/c1-14(18)22-12-10-20-8-6-19-7-9-21-11-13-23-16-4-2-15(17)3-5-16/h2-5H,6-13,17H2,1H3. The number of carbonyl (C=O) groups is 1. The van der Waals surface area contributed by atoms with Gasteiger partial charge in [0.05, 0.1) is 39.6 Å². The van der Waals surface area contributed by atoms with Crippen LogP contribution in [0, 0.1) is 0 Å². The first kappa shape index (κ1) is 19.2. The van der Waals surface area contributed by atoms with E-state index in [0.717, 1.165) is 5.75 Å². The van der Waals surface area contributed by atoms with Crippen molar-refractivity contribution in [3.8, 4) is 5.75 Å². The second kappa shape index (κ2) is 12.7. The molecule has 1 aromatic carbocycles. The number of hydrogen-bond donors (Lipinski definition) is 1. The molecule has 0 unspecified atom stereocenters. The summed E-state index contributed by atoms with van der Waals surface area (Å²) in [5.74, 6) is 0.465. The summed E-state index contributed by atoms with van der Waals surface area (Å²) in [7, 11) is 0. The molecular weight excluding hydrogens is 302 g/mol. The number of nitrogens with two attached hydrogens (primary N) is 1. The molecule has 130 valence electrons. The van der Waals surface area contributed by atoms with E-state index in [2.05, 4.69) is 0 Å². The van der Waals surface area contributed by atoms with Gasteiger partial charge in [-0.2, -0.15) is 0 Å². The van der Waals surface area contributed by atoms with E-state index in [-0.39, 0.29) is 12.6 Å². The van der Waals surface area contributed by atoms with Crippen LogP contribution in [0.5, 0.6) is 5.75 Å². The molecule has 0 saturated carbocycles. The second-order valence-electron chi connectivity index (χ2n) is 4.59. The SMILES string of the molecule is CC(=O)OCCOCCOCCOCCOc1ccc(N)cc1. The fourth-order valence-corrected chi connectivity index (χ4v) is 1.57. The van der Waals surface area contributed by atoms with Crippen molar-refractivity contribution in [1.82, 2.24) is 0 Å². The van der Waals surface area contributed by atoms with E-state index in [1.165, 1.54) is 6.92 Å². The maximum absolute atomic E-state index is 10.5. The number of nitrogen functional groups attached to an aromatic ring is 1. The van der Waals surface area contributed by atoms with Gasteiger partial charge in [-0.3, -0.25) is 4.79 Å². The van der Waals surface area contributed by atoms with Crippen molar-refractivity contribution in [3.63, 3.8) is 0 Å². The highest BCUT2D eigenvalue weighted by molar-refractivity contribution is 5.65. The van der Waals surface area contributed by atoms with Gasteiger partial charge in [0.2, 0.25) is 0 Å². The molecule has 1 rings (SSSR count). The Labute approximate surface area is 136 Å². The molecule has 7 heteroatoms. The van der Waals surface area contributed by atoms with Gasteiger partial charge in [0.25, 0.3) is 0 Å². The molecule has 0 aliphatic rings. The average molecular weight is 327 g/mol. The molecule has 23 heavy (non-hydrogen) atoms. The van der Waals surface area contributed by atoms with Crippen LogP contribution in [0.1, 0.15) is 6.92 Å². The first-order valence-electron chi connectivity index (χ1n) is 7.53. The maximum atomic E-state index is 10.5. The molecule has 0 radical (unpaired) electrons. The molecule has 0 heterocycles. The van der Waals surface area contributed by atoms with Gasteiger partial charge >= 0.3 is 5.97 Å². The van der Waals surface area contributed by atoms with Gasteiger partial charge in [0.1, 0.15) is 19.0 Å². The Morgan fingerprint density at radius 2 is 1.30 bits per heavy atom. The Morgan fingerprint density at radius 3 is 1.83 bits per heavy atom. The van der Waals surface area contributed by atoms with Crippen molar-refractivity contribution in [2.45, 2.75) is 6.92 Å². The molecule has 0 bridgehead atoms. The molecule has 0 fully saturated rings. The zero-order chi connectivity index (χ0) is 16.8. The Kier molecular flexibility index (Phi) is 10.6. The largest absolute Gasteiger partial charge is 0.491 e. The van der Waals surface area contributed by atoms with Crippen LogP contribution in [-0.4, -0.2) is 58.8 Å². The van der Waals surface area contributed by atoms with E-state index in [4.69, 9.17) is 29.4 Å². The predicted octanol–water partition coefficient (Wildman–Crippen LogP) is 1.26. The van der Waals surface area contributed by atoms with Gasteiger partial charge in [-0.1, -0.05) is 0 Å². The lowest BCUT2D eigenvalue weighted by Gasteiger charge is -2.08. The third-order valence-corrected chi connectivity index (χ3v) is 2.65. The third-order valence-electron chi connectivity index (χ3n) is 2.65. The van der Waals surface area contributed by atoms with Crippen molar-refractivity contribution < 1.29 is 28.5 Å². The van der Waals surface area contributed by atoms with Gasteiger partial charge < -0.3 is 29.4 Å². The summed E-state index contributed by atoms with van der Waals surface area (Å²) in [6.45, 7) is 4.91. The zero-order valence-electron chi connectivity index (χ0n) is 13.5. The predicted molar refractivity (Wildman–Crippen MR) is 85.4 cm³/mol. The Hall–Kier alpha value is -1.83.